The minimum Gasteiger partial charge on any atom is -0.392 e. The second kappa shape index (κ2) is 10.9. The molecule has 5 heteroatoms. The van der Waals surface area contributed by atoms with E-state index in [4.69, 9.17) is 16.2 Å². The maximum atomic E-state index is 11.8. The normalized spacial score (nSPS) is 13.9. The van der Waals surface area contributed by atoms with Gasteiger partial charge in [-0.05, 0) is 32.2 Å². The van der Waals surface area contributed by atoms with E-state index in [1.807, 2.05) is 6.92 Å². The number of unbranched alkanes of at least 4 members (excludes halogenated alkanes) is 2. The molecule has 4 N–H and O–H groups in total. The van der Waals surface area contributed by atoms with Gasteiger partial charge in [0.15, 0.2) is 0 Å². The second-order valence-electron chi connectivity index (χ2n) is 4.88. The molecule has 0 radical (unpaired) electrons. The third-order valence-corrected chi connectivity index (χ3v) is 3.21. The summed E-state index contributed by atoms with van der Waals surface area (Å²) < 4.78 is 4.86. The Hall–Kier alpha value is -0.940. The SMILES string of the molecule is CCCCC(CC)C(=O)OC(=O)[C@@H](N)CCCCN. The minimum atomic E-state index is -0.723. The largest absolute Gasteiger partial charge is 0.392 e. The van der Waals surface area contributed by atoms with E-state index in [1.54, 1.807) is 0 Å². The van der Waals surface area contributed by atoms with Crippen LogP contribution in [0, 0.1) is 5.92 Å². The van der Waals surface area contributed by atoms with E-state index in [2.05, 4.69) is 6.92 Å². The molecule has 0 saturated heterocycles. The summed E-state index contributed by atoms with van der Waals surface area (Å²) in [5.74, 6) is -1.24. The van der Waals surface area contributed by atoms with Crippen molar-refractivity contribution in [1.82, 2.24) is 0 Å². The van der Waals surface area contributed by atoms with Crippen molar-refractivity contribution in [2.75, 3.05) is 6.54 Å². The highest BCUT2D eigenvalue weighted by Gasteiger charge is 2.23. The van der Waals surface area contributed by atoms with Crippen molar-refractivity contribution in [3.63, 3.8) is 0 Å². The molecular formula is C14H28N2O3. The molecule has 0 rings (SSSR count). The first-order valence-electron chi connectivity index (χ1n) is 7.27. The van der Waals surface area contributed by atoms with Gasteiger partial charge in [-0.3, -0.25) is 4.79 Å². The lowest BCUT2D eigenvalue weighted by Gasteiger charge is -2.15. The van der Waals surface area contributed by atoms with Crippen LogP contribution in [0.15, 0.2) is 0 Å². The van der Waals surface area contributed by atoms with E-state index in [9.17, 15) is 9.59 Å². The molecule has 2 atom stereocenters. The molecule has 0 spiro atoms. The van der Waals surface area contributed by atoms with E-state index in [1.165, 1.54) is 0 Å². The van der Waals surface area contributed by atoms with E-state index in [-0.39, 0.29) is 5.92 Å². The summed E-state index contributed by atoms with van der Waals surface area (Å²) in [5.41, 5.74) is 11.0. The number of esters is 2. The average Bonchev–Trinajstić information content (AvgIpc) is 2.39. The summed E-state index contributed by atoms with van der Waals surface area (Å²) in [7, 11) is 0. The summed E-state index contributed by atoms with van der Waals surface area (Å²) in [6.07, 6.45) is 5.54. The monoisotopic (exact) mass is 272 g/mol. The Balaban J connectivity index is 4.10. The molecule has 0 aliphatic rings. The van der Waals surface area contributed by atoms with Gasteiger partial charge in [0.1, 0.15) is 6.04 Å². The minimum absolute atomic E-state index is 0.194. The van der Waals surface area contributed by atoms with Gasteiger partial charge >= 0.3 is 11.9 Å². The van der Waals surface area contributed by atoms with Crippen LogP contribution in [0.4, 0.5) is 0 Å². The van der Waals surface area contributed by atoms with Gasteiger partial charge in [-0.15, -0.1) is 0 Å². The standard InChI is InChI=1S/C14H28N2O3/c1-3-5-8-11(4-2)13(17)19-14(18)12(16)9-6-7-10-15/h11-12H,3-10,15-16H2,1-2H3/t11?,12-/m0/s1. The van der Waals surface area contributed by atoms with Crippen molar-refractivity contribution >= 4 is 11.9 Å². The molecule has 0 bridgehead atoms. The summed E-state index contributed by atoms with van der Waals surface area (Å²) in [4.78, 5) is 23.4. The number of hydrogen-bond donors (Lipinski definition) is 2. The van der Waals surface area contributed by atoms with E-state index >= 15 is 0 Å². The topological polar surface area (TPSA) is 95.4 Å². The highest BCUT2D eigenvalue weighted by atomic mass is 16.6. The maximum Gasteiger partial charge on any atom is 0.330 e. The number of carbonyl (C=O) groups excluding carboxylic acids is 2. The van der Waals surface area contributed by atoms with Crippen molar-refractivity contribution in [3.8, 4) is 0 Å². The lowest BCUT2D eigenvalue weighted by atomic mass is 10.00. The van der Waals surface area contributed by atoms with Gasteiger partial charge in [0.05, 0.1) is 5.92 Å². The fourth-order valence-electron chi connectivity index (χ4n) is 1.82. The Morgan fingerprint density at radius 3 is 2.26 bits per heavy atom. The van der Waals surface area contributed by atoms with Crippen LogP contribution in [0.1, 0.15) is 58.8 Å². The lowest BCUT2D eigenvalue weighted by Crippen LogP contribution is -2.35. The fourth-order valence-corrected chi connectivity index (χ4v) is 1.82. The molecule has 5 nitrogen and oxygen atoms in total. The van der Waals surface area contributed by atoms with Crippen molar-refractivity contribution in [2.45, 2.75) is 64.8 Å². The predicted molar refractivity (Wildman–Crippen MR) is 75.3 cm³/mol. The number of carbonyl (C=O) groups is 2. The molecule has 1 unspecified atom stereocenters. The lowest BCUT2D eigenvalue weighted by molar-refractivity contribution is -0.164. The molecule has 0 fully saturated rings. The molecule has 0 aromatic heterocycles. The zero-order valence-electron chi connectivity index (χ0n) is 12.2. The van der Waals surface area contributed by atoms with Crippen LogP contribution in [0.5, 0.6) is 0 Å². The van der Waals surface area contributed by atoms with Gasteiger partial charge in [0.25, 0.3) is 0 Å². The summed E-state index contributed by atoms with van der Waals surface area (Å²) in [5, 5.41) is 0. The van der Waals surface area contributed by atoms with Crippen LogP contribution in [-0.2, 0) is 14.3 Å². The first-order valence-corrected chi connectivity index (χ1v) is 7.27. The predicted octanol–water partition coefficient (Wildman–Crippen LogP) is 1.73. The maximum absolute atomic E-state index is 11.8. The fraction of sp³-hybridized carbons (Fsp3) is 0.857. The molecule has 0 aromatic rings. The molecule has 0 heterocycles. The van der Waals surface area contributed by atoms with Gasteiger partial charge in [-0.25, -0.2) is 4.79 Å². The Morgan fingerprint density at radius 1 is 1.05 bits per heavy atom. The Labute approximate surface area is 116 Å². The first-order chi connectivity index (χ1) is 9.06. The molecule has 0 aromatic carbocycles. The smallest absolute Gasteiger partial charge is 0.330 e. The van der Waals surface area contributed by atoms with Gasteiger partial charge in [-0.2, -0.15) is 0 Å². The van der Waals surface area contributed by atoms with Gasteiger partial charge in [0, 0.05) is 0 Å². The second-order valence-corrected chi connectivity index (χ2v) is 4.88. The average molecular weight is 272 g/mol. The van der Waals surface area contributed by atoms with E-state index in [0.29, 0.717) is 19.4 Å². The quantitative estimate of drug-likeness (QED) is 0.359. The van der Waals surface area contributed by atoms with Crippen LogP contribution in [0.3, 0.4) is 0 Å². The van der Waals surface area contributed by atoms with E-state index < -0.39 is 18.0 Å². The van der Waals surface area contributed by atoms with Crippen molar-refractivity contribution in [1.29, 1.82) is 0 Å². The summed E-state index contributed by atoms with van der Waals surface area (Å²) in [6, 6.07) is -0.723. The highest BCUT2D eigenvalue weighted by Crippen LogP contribution is 2.15. The van der Waals surface area contributed by atoms with Crippen LogP contribution >= 0.6 is 0 Å². The van der Waals surface area contributed by atoms with Crippen LogP contribution < -0.4 is 11.5 Å². The Morgan fingerprint density at radius 2 is 1.74 bits per heavy atom. The molecule has 112 valence electrons. The van der Waals surface area contributed by atoms with Crippen molar-refractivity contribution in [3.05, 3.63) is 0 Å². The summed E-state index contributed by atoms with van der Waals surface area (Å²) in [6.45, 7) is 4.57. The summed E-state index contributed by atoms with van der Waals surface area (Å²) >= 11 is 0. The molecular weight excluding hydrogens is 244 g/mol. The number of hydrogen-bond acceptors (Lipinski definition) is 5. The zero-order chi connectivity index (χ0) is 14.7. The molecule has 0 saturated carbocycles. The third-order valence-electron chi connectivity index (χ3n) is 3.21. The van der Waals surface area contributed by atoms with Gasteiger partial charge < -0.3 is 16.2 Å². The molecule has 0 amide bonds. The van der Waals surface area contributed by atoms with Gasteiger partial charge in [-0.1, -0.05) is 33.1 Å². The number of nitrogens with two attached hydrogens (primary N) is 2. The Bertz CT molecular complexity index is 269. The zero-order valence-corrected chi connectivity index (χ0v) is 12.2. The molecule has 0 aliphatic heterocycles. The highest BCUT2D eigenvalue weighted by molar-refractivity contribution is 5.89. The van der Waals surface area contributed by atoms with E-state index in [0.717, 1.165) is 32.1 Å². The van der Waals surface area contributed by atoms with Crippen molar-refractivity contribution in [2.24, 2.45) is 17.4 Å². The number of ether oxygens (including phenoxy) is 1. The first kappa shape index (κ1) is 18.1. The number of rotatable bonds is 10. The van der Waals surface area contributed by atoms with Gasteiger partial charge in [0.2, 0.25) is 0 Å². The third kappa shape index (κ3) is 7.95. The van der Waals surface area contributed by atoms with Crippen molar-refractivity contribution < 1.29 is 14.3 Å². The Kier molecular flexibility index (Phi) is 10.4. The van der Waals surface area contributed by atoms with Crippen LogP contribution in [0.25, 0.3) is 0 Å². The molecule has 0 aliphatic carbocycles. The molecule has 19 heavy (non-hydrogen) atoms. The van der Waals surface area contributed by atoms with Crippen LogP contribution in [-0.4, -0.2) is 24.5 Å². The van der Waals surface area contributed by atoms with Crippen LogP contribution in [0.2, 0.25) is 0 Å².